The minimum atomic E-state index is 0.142. The van der Waals surface area contributed by atoms with Crippen molar-refractivity contribution in [3.8, 4) is 18.1 Å². The first-order chi connectivity index (χ1) is 9.93. The maximum Gasteiger partial charge on any atom is 0.139 e. The summed E-state index contributed by atoms with van der Waals surface area (Å²) in [6.45, 7) is 0.724. The molecule has 0 spiro atoms. The molecule has 0 radical (unpaired) electrons. The minimum absolute atomic E-state index is 0.142. The lowest BCUT2D eigenvalue weighted by atomic mass is 9.98. The quantitative estimate of drug-likeness (QED) is 0.594. The molecule has 5 nitrogen and oxygen atoms in total. The molecule has 5 heteroatoms. The van der Waals surface area contributed by atoms with E-state index in [9.17, 15) is 0 Å². The van der Waals surface area contributed by atoms with E-state index in [0.717, 1.165) is 32.2 Å². The molecule has 112 valence electrons. The van der Waals surface area contributed by atoms with E-state index in [2.05, 4.69) is 34.6 Å². The summed E-state index contributed by atoms with van der Waals surface area (Å²) in [5, 5.41) is 9.09. The molecule has 1 aliphatic heterocycles. The van der Waals surface area contributed by atoms with Gasteiger partial charge in [0.2, 0.25) is 0 Å². The summed E-state index contributed by atoms with van der Waals surface area (Å²) in [6.07, 6.45) is 14.0. The van der Waals surface area contributed by atoms with Gasteiger partial charge < -0.3 is 4.84 Å². The van der Waals surface area contributed by atoms with E-state index in [0.29, 0.717) is 0 Å². The van der Waals surface area contributed by atoms with Gasteiger partial charge in [-0.15, -0.1) is 0 Å². The second kappa shape index (κ2) is 12.7. The standard InChI is InChI=1S/C15H26N4O/c16-14-15-10-8-6-4-2-1-3-5-7-9-13-20-19-18-17-12-11-15/h15,17-19H,1-8,10-12H2. The molecule has 1 unspecified atom stereocenters. The van der Waals surface area contributed by atoms with Gasteiger partial charge in [0.25, 0.3) is 0 Å². The predicted molar refractivity (Wildman–Crippen MR) is 78.4 cm³/mol. The van der Waals surface area contributed by atoms with Gasteiger partial charge in [0.1, 0.15) is 6.11 Å². The Morgan fingerprint density at radius 3 is 2.55 bits per heavy atom. The summed E-state index contributed by atoms with van der Waals surface area (Å²) in [5.74, 6) is 3.10. The van der Waals surface area contributed by atoms with E-state index in [1.54, 1.807) is 0 Å². The molecule has 1 aliphatic rings. The Labute approximate surface area is 122 Å². The Morgan fingerprint density at radius 1 is 1.00 bits per heavy atom. The van der Waals surface area contributed by atoms with Crippen LogP contribution in [0.4, 0.5) is 0 Å². The average Bonchev–Trinajstić information content (AvgIpc) is 2.47. The van der Waals surface area contributed by atoms with E-state index in [-0.39, 0.29) is 5.92 Å². The molecule has 0 aromatic heterocycles. The highest BCUT2D eigenvalue weighted by Gasteiger charge is 2.06. The van der Waals surface area contributed by atoms with Crippen molar-refractivity contribution in [2.75, 3.05) is 6.54 Å². The summed E-state index contributed by atoms with van der Waals surface area (Å²) in [5.41, 5.74) is 8.15. The monoisotopic (exact) mass is 278 g/mol. The molecular weight excluding hydrogens is 252 g/mol. The SMILES string of the molecule is N#CC1CCCCCCCCCC#CONNNCC1. The van der Waals surface area contributed by atoms with Crippen molar-refractivity contribution in [3.63, 3.8) is 0 Å². The number of nitriles is 1. The second-order valence-electron chi connectivity index (χ2n) is 5.16. The summed E-state index contributed by atoms with van der Waals surface area (Å²) < 4.78 is 0. The van der Waals surface area contributed by atoms with Crippen LogP contribution in [0.15, 0.2) is 0 Å². The number of nitrogens with zero attached hydrogens (tertiary/aromatic N) is 1. The lowest BCUT2D eigenvalue weighted by Gasteiger charge is -2.10. The average molecular weight is 278 g/mol. The zero-order valence-electron chi connectivity index (χ0n) is 12.2. The van der Waals surface area contributed by atoms with Crippen LogP contribution in [0.2, 0.25) is 0 Å². The van der Waals surface area contributed by atoms with E-state index in [4.69, 9.17) is 10.1 Å². The highest BCUT2D eigenvalue weighted by atomic mass is 16.7. The molecule has 3 N–H and O–H groups in total. The second-order valence-corrected chi connectivity index (χ2v) is 5.16. The fraction of sp³-hybridized carbons (Fsp3) is 0.800. The van der Waals surface area contributed by atoms with Gasteiger partial charge in [-0.05, 0) is 19.3 Å². The van der Waals surface area contributed by atoms with Gasteiger partial charge in [-0.1, -0.05) is 50.0 Å². The molecule has 0 bridgehead atoms. The van der Waals surface area contributed by atoms with Crippen molar-refractivity contribution in [3.05, 3.63) is 0 Å². The first kappa shape index (κ1) is 16.8. The van der Waals surface area contributed by atoms with Gasteiger partial charge in [-0.3, -0.25) is 0 Å². The Kier molecular flexibility index (Phi) is 10.7. The van der Waals surface area contributed by atoms with Gasteiger partial charge in [0.05, 0.1) is 6.07 Å². The molecule has 0 saturated carbocycles. The molecular formula is C15H26N4O. The third-order valence-electron chi connectivity index (χ3n) is 3.47. The smallest absolute Gasteiger partial charge is 0.139 e. The van der Waals surface area contributed by atoms with Crippen LogP contribution in [0.25, 0.3) is 0 Å². The van der Waals surface area contributed by atoms with Crippen LogP contribution in [0.3, 0.4) is 0 Å². The van der Waals surface area contributed by atoms with Crippen LogP contribution >= 0.6 is 0 Å². The lowest BCUT2D eigenvalue weighted by molar-refractivity contribution is 0.0953. The Morgan fingerprint density at radius 2 is 1.75 bits per heavy atom. The topological polar surface area (TPSA) is 69.1 Å². The van der Waals surface area contributed by atoms with Crippen LogP contribution in [0, 0.1) is 29.3 Å². The molecule has 0 aromatic carbocycles. The van der Waals surface area contributed by atoms with Gasteiger partial charge in [-0.2, -0.15) is 10.8 Å². The van der Waals surface area contributed by atoms with Crippen molar-refractivity contribution < 1.29 is 4.84 Å². The van der Waals surface area contributed by atoms with Gasteiger partial charge in [0, 0.05) is 18.9 Å². The maximum absolute atomic E-state index is 9.09. The minimum Gasteiger partial charge on any atom is -0.340 e. The van der Waals surface area contributed by atoms with E-state index < -0.39 is 0 Å². The van der Waals surface area contributed by atoms with Crippen molar-refractivity contribution in [1.29, 1.82) is 5.26 Å². The summed E-state index contributed by atoms with van der Waals surface area (Å²) in [6, 6.07) is 2.38. The number of hydrogen-bond acceptors (Lipinski definition) is 5. The third kappa shape index (κ3) is 9.63. The largest absolute Gasteiger partial charge is 0.340 e. The summed E-state index contributed by atoms with van der Waals surface area (Å²) >= 11 is 0. The van der Waals surface area contributed by atoms with E-state index in [1.807, 2.05) is 0 Å². The normalized spacial score (nSPS) is 24.1. The van der Waals surface area contributed by atoms with Crippen molar-refractivity contribution in [2.45, 2.75) is 64.2 Å². The first-order valence-corrected chi connectivity index (χ1v) is 7.69. The summed E-state index contributed by atoms with van der Waals surface area (Å²) in [7, 11) is 0. The first-order valence-electron chi connectivity index (χ1n) is 7.69. The van der Waals surface area contributed by atoms with Gasteiger partial charge >= 0.3 is 0 Å². The van der Waals surface area contributed by atoms with Crippen LogP contribution in [-0.2, 0) is 4.84 Å². The number of rotatable bonds is 0. The van der Waals surface area contributed by atoms with E-state index in [1.165, 1.54) is 38.5 Å². The van der Waals surface area contributed by atoms with Gasteiger partial charge in [0.15, 0.2) is 0 Å². The lowest BCUT2D eigenvalue weighted by Crippen LogP contribution is -2.43. The number of hydrazine groups is 2. The van der Waals surface area contributed by atoms with Gasteiger partial charge in [-0.25, -0.2) is 5.43 Å². The molecule has 0 amide bonds. The van der Waals surface area contributed by atoms with Crippen molar-refractivity contribution in [2.24, 2.45) is 5.92 Å². The Balaban J connectivity index is 2.24. The van der Waals surface area contributed by atoms with Crippen molar-refractivity contribution >= 4 is 0 Å². The molecule has 1 atom stereocenters. The number of hydrogen-bond donors (Lipinski definition) is 3. The molecule has 0 aromatic rings. The molecule has 1 heterocycles. The number of nitrogens with one attached hydrogen (secondary N) is 3. The van der Waals surface area contributed by atoms with E-state index >= 15 is 0 Å². The Hall–Kier alpha value is -1.27. The van der Waals surface area contributed by atoms with Crippen molar-refractivity contribution in [1.82, 2.24) is 16.5 Å². The fourth-order valence-corrected chi connectivity index (χ4v) is 2.24. The molecule has 0 fully saturated rings. The molecule has 0 aliphatic carbocycles. The fourth-order valence-electron chi connectivity index (χ4n) is 2.24. The van der Waals surface area contributed by atoms with Crippen LogP contribution in [0.5, 0.6) is 0 Å². The van der Waals surface area contributed by atoms with Crippen LogP contribution < -0.4 is 16.5 Å². The molecule has 1 rings (SSSR count). The van der Waals surface area contributed by atoms with Crippen LogP contribution in [-0.4, -0.2) is 6.54 Å². The highest BCUT2D eigenvalue weighted by molar-refractivity contribution is 4.90. The zero-order chi connectivity index (χ0) is 14.3. The molecule has 20 heavy (non-hydrogen) atoms. The third-order valence-corrected chi connectivity index (χ3v) is 3.47. The summed E-state index contributed by atoms with van der Waals surface area (Å²) in [4.78, 5) is 4.88. The maximum atomic E-state index is 9.09. The van der Waals surface area contributed by atoms with Crippen LogP contribution in [0.1, 0.15) is 64.2 Å². The zero-order valence-corrected chi connectivity index (χ0v) is 12.2. The molecule has 0 saturated heterocycles. The predicted octanol–water partition coefficient (Wildman–Crippen LogP) is 2.53. The Bertz CT molecular complexity index is 329. The highest BCUT2D eigenvalue weighted by Crippen LogP contribution is 2.14.